The second-order valence-corrected chi connectivity index (χ2v) is 6.99. The fourth-order valence-electron chi connectivity index (χ4n) is 1.24. The van der Waals surface area contributed by atoms with Crippen LogP contribution in [0.2, 0.25) is 0 Å². The van der Waals surface area contributed by atoms with Crippen molar-refractivity contribution in [1.29, 1.82) is 0 Å². The summed E-state index contributed by atoms with van der Waals surface area (Å²) < 4.78 is 26.3. The Hall–Kier alpha value is -1.12. The van der Waals surface area contributed by atoms with E-state index >= 15 is 0 Å². The fraction of sp³-hybridized carbons (Fsp3) is 0.545. The van der Waals surface area contributed by atoms with Crippen molar-refractivity contribution >= 4 is 27.3 Å². The van der Waals surface area contributed by atoms with Gasteiger partial charge in [0, 0.05) is 12.6 Å². The van der Waals surface area contributed by atoms with Crippen LogP contribution in [0.4, 0.5) is 0 Å². The van der Waals surface area contributed by atoms with Crippen molar-refractivity contribution in [2.45, 2.75) is 30.5 Å². The van der Waals surface area contributed by atoms with E-state index in [-0.39, 0.29) is 12.6 Å². The molecule has 0 saturated heterocycles. The number of hydrogen-bond acceptors (Lipinski definition) is 4. The van der Waals surface area contributed by atoms with Crippen LogP contribution in [0.5, 0.6) is 0 Å². The number of guanidine groups is 1. The highest BCUT2D eigenvalue weighted by atomic mass is 32.2. The Morgan fingerprint density at radius 1 is 1.58 bits per heavy atom. The summed E-state index contributed by atoms with van der Waals surface area (Å²) in [6, 6.07) is 3.52. The number of sulfonamides is 1. The van der Waals surface area contributed by atoms with Gasteiger partial charge in [-0.05, 0) is 24.8 Å². The van der Waals surface area contributed by atoms with Crippen LogP contribution < -0.4 is 15.8 Å². The molecule has 1 aromatic heterocycles. The van der Waals surface area contributed by atoms with E-state index in [0.29, 0.717) is 16.7 Å². The highest BCUT2D eigenvalue weighted by Gasteiger charge is 2.13. The summed E-state index contributed by atoms with van der Waals surface area (Å²) in [7, 11) is -3.40. The van der Waals surface area contributed by atoms with Crippen molar-refractivity contribution in [3.63, 3.8) is 0 Å². The van der Waals surface area contributed by atoms with E-state index in [1.165, 1.54) is 11.3 Å². The Balaban J connectivity index is 2.37. The zero-order valence-corrected chi connectivity index (χ0v) is 12.7. The summed E-state index contributed by atoms with van der Waals surface area (Å²) in [5.74, 6) is 0.338. The molecule has 1 atom stereocenters. The molecule has 0 amide bonds. The molecule has 108 valence electrons. The molecule has 19 heavy (non-hydrogen) atoms. The summed E-state index contributed by atoms with van der Waals surface area (Å²) in [4.78, 5) is 4.06. The summed E-state index contributed by atoms with van der Waals surface area (Å²) in [6.07, 6.45) is 0.946. The van der Waals surface area contributed by atoms with Crippen LogP contribution in [0.25, 0.3) is 0 Å². The molecule has 0 fully saturated rings. The first-order chi connectivity index (χ1) is 8.95. The molecule has 4 N–H and O–H groups in total. The minimum absolute atomic E-state index is 0.225. The first-order valence-electron chi connectivity index (χ1n) is 6.05. The van der Waals surface area contributed by atoms with Gasteiger partial charge >= 0.3 is 0 Å². The lowest BCUT2D eigenvalue weighted by Gasteiger charge is -2.11. The molecule has 6 nitrogen and oxygen atoms in total. The van der Waals surface area contributed by atoms with Crippen LogP contribution in [0.3, 0.4) is 0 Å². The molecule has 0 bridgehead atoms. The summed E-state index contributed by atoms with van der Waals surface area (Å²) >= 11 is 1.18. The minimum Gasteiger partial charge on any atom is -0.370 e. The molecule has 0 aliphatic heterocycles. The van der Waals surface area contributed by atoms with Gasteiger partial charge < -0.3 is 11.1 Å². The number of thiophene rings is 1. The van der Waals surface area contributed by atoms with Gasteiger partial charge in [-0.2, -0.15) is 0 Å². The van der Waals surface area contributed by atoms with Gasteiger partial charge in [-0.15, -0.1) is 11.3 Å². The first-order valence-corrected chi connectivity index (χ1v) is 8.41. The van der Waals surface area contributed by atoms with Crippen LogP contribution in [0.15, 0.2) is 26.7 Å². The minimum atomic E-state index is -3.40. The Labute approximate surface area is 118 Å². The molecular formula is C11H20N4O2S2. The van der Waals surface area contributed by atoms with Crippen LogP contribution >= 0.6 is 11.3 Å². The molecule has 1 aromatic rings. The third-order valence-corrected chi connectivity index (χ3v) is 5.31. The van der Waals surface area contributed by atoms with Crippen molar-refractivity contribution in [1.82, 2.24) is 10.0 Å². The molecule has 1 rings (SSSR count). The van der Waals surface area contributed by atoms with E-state index in [0.717, 1.165) is 6.42 Å². The van der Waals surface area contributed by atoms with Gasteiger partial charge in [0.25, 0.3) is 0 Å². The number of hydrogen-bond donors (Lipinski definition) is 3. The molecule has 8 heteroatoms. The number of nitrogens with two attached hydrogens (primary N) is 1. The first kappa shape index (κ1) is 15.9. The Bertz CT molecular complexity index is 497. The fourth-order valence-corrected chi connectivity index (χ4v) is 3.30. The number of rotatable bonds is 7. The quantitative estimate of drug-likeness (QED) is 0.393. The van der Waals surface area contributed by atoms with Gasteiger partial charge in [0.05, 0.1) is 6.54 Å². The highest BCUT2D eigenvalue weighted by Crippen LogP contribution is 2.14. The zero-order chi connectivity index (χ0) is 14.3. The summed E-state index contributed by atoms with van der Waals surface area (Å²) in [6.45, 7) is 4.57. The van der Waals surface area contributed by atoms with Gasteiger partial charge in [0.15, 0.2) is 5.96 Å². The van der Waals surface area contributed by atoms with Crippen LogP contribution in [-0.4, -0.2) is 33.5 Å². The summed E-state index contributed by atoms with van der Waals surface area (Å²) in [5.41, 5.74) is 5.66. The largest absolute Gasteiger partial charge is 0.370 e. The average molecular weight is 304 g/mol. The lowest BCUT2D eigenvalue weighted by atomic mass is 10.3. The van der Waals surface area contributed by atoms with E-state index in [1.54, 1.807) is 17.5 Å². The van der Waals surface area contributed by atoms with E-state index in [2.05, 4.69) is 15.0 Å². The van der Waals surface area contributed by atoms with Crippen LogP contribution in [0.1, 0.15) is 20.3 Å². The normalized spacial score (nSPS) is 14.3. The monoisotopic (exact) mass is 304 g/mol. The predicted octanol–water partition coefficient (Wildman–Crippen LogP) is 0.729. The number of aliphatic imine (C=N–C) groups is 1. The van der Waals surface area contributed by atoms with Crippen molar-refractivity contribution in [3.05, 3.63) is 17.5 Å². The SMILES string of the molecule is CCC(C)NC(N)=NCCNS(=O)(=O)c1cccs1. The maximum atomic E-state index is 11.8. The van der Waals surface area contributed by atoms with E-state index < -0.39 is 10.0 Å². The maximum Gasteiger partial charge on any atom is 0.250 e. The molecule has 0 radical (unpaired) electrons. The molecule has 0 aromatic carbocycles. The molecule has 0 aliphatic carbocycles. The van der Waals surface area contributed by atoms with Gasteiger partial charge in [0.2, 0.25) is 10.0 Å². The molecule has 0 spiro atoms. The Kier molecular flexibility index (Phi) is 6.26. The van der Waals surface area contributed by atoms with Gasteiger partial charge in [-0.1, -0.05) is 13.0 Å². The number of nitrogens with zero attached hydrogens (tertiary/aromatic N) is 1. The van der Waals surface area contributed by atoms with Crippen molar-refractivity contribution in [2.75, 3.05) is 13.1 Å². The second kappa shape index (κ2) is 7.46. The second-order valence-electron chi connectivity index (χ2n) is 4.05. The van der Waals surface area contributed by atoms with Gasteiger partial charge in [-0.25, -0.2) is 13.1 Å². The molecular weight excluding hydrogens is 284 g/mol. The standard InChI is InChI=1S/C11H20N4O2S2/c1-3-9(2)15-11(12)13-6-7-14-19(16,17)10-5-4-8-18-10/h4-5,8-9,14H,3,6-7H2,1-2H3,(H3,12,13,15). The molecule has 0 saturated carbocycles. The van der Waals surface area contributed by atoms with Crippen LogP contribution in [-0.2, 0) is 10.0 Å². The number of nitrogens with one attached hydrogen (secondary N) is 2. The predicted molar refractivity (Wildman–Crippen MR) is 78.9 cm³/mol. The molecule has 1 unspecified atom stereocenters. The van der Waals surface area contributed by atoms with Crippen molar-refractivity contribution in [2.24, 2.45) is 10.7 Å². The smallest absolute Gasteiger partial charge is 0.250 e. The molecule has 0 aliphatic rings. The maximum absolute atomic E-state index is 11.8. The van der Waals surface area contributed by atoms with Crippen LogP contribution in [0, 0.1) is 0 Å². The Morgan fingerprint density at radius 3 is 2.89 bits per heavy atom. The zero-order valence-electron chi connectivity index (χ0n) is 11.1. The van der Waals surface area contributed by atoms with Crippen molar-refractivity contribution < 1.29 is 8.42 Å². The summed E-state index contributed by atoms with van der Waals surface area (Å²) in [5, 5.41) is 4.73. The van der Waals surface area contributed by atoms with Gasteiger partial charge in [0.1, 0.15) is 4.21 Å². The van der Waals surface area contributed by atoms with Gasteiger partial charge in [-0.3, -0.25) is 4.99 Å². The lowest BCUT2D eigenvalue weighted by molar-refractivity contribution is 0.584. The van der Waals surface area contributed by atoms with E-state index in [1.807, 2.05) is 13.8 Å². The lowest BCUT2D eigenvalue weighted by Crippen LogP contribution is -2.38. The average Bonchev–Trinajstić information content (AvgIpc) is 2.89. The third-order valence-electron chi connectivity index (χ3n) is 2.45. The van der Waals surface area contributed by atoms with Crippen molar-refractivity contribution in [3.8, 4) is 0 Å². The third kappa shape index (κ3) is 5.58. The van der Waals surface area contributed by atoms with E-state index in [9.17, 15) is 8.42 Å². The molecule has 1 heterocycles. The van der Waals surface area contributed by atoms with E-state index in [4.69, 9.17) is 5.73 Å². The topological polar surface area (TPSA) is 96.6 Å². The highest BCUT2D eigenvalue weighted by molar-refractivity contribution is 7.91. The Morgan fingerprint density at radius 2 is 2.32 bits per heavy atom.